The number of ether oxygens (including phenoxy) is 1. The molecule has 0 unspecified atom stereocenters. The first-order valence-corrected chi connectivity index (χ1v) is 8.45. The van der Waals surface area contributed by atoms with Gasteiger partial charge < -0.3 is 15.8 Å². The van der Waals surface area contributed by atoms with Crippen molar-refractivity contribution in [3.05, 3.63) is 21.9 Å². The van der Waals surface area contributed by atoms with E-state index in [0.29, 0.717) is 22.9 Å². The van der Waals surface area contributed by atoms with E-state index in [9.17, 15) is 9.59 Å². The van der Waals surface area contributed by atoms with E-state index in [-0.39, 0.29) is 17.4 Å². The summed E-state index contributed by atoms with van der Waals surface area (Å²) in [6.07, 6.45) is 2.22. The van der Waals surface area contributed by atoms with E-state index in [4.69, 9.17) is 10.5 Å². The van der Waals surface area contributed by atoms with Gasteiger partial charge >= 0.3 is 0 Å². The molecule has 0 aliphatic carbocycles. The third-order valence-electron chi connectivity index (χ3n) is 3.93. The Morgan fingerprint density at radius 1 is 1.45 bits per heavy atom. The highest BCUT2D eigenvalue weighted by atomic mass is 32.1. The second-order valence-electron chi connectivity index (χ2n) is 6.83. The summed E-state index contributed by atoms with van der Waals surface area (Å²) in [6, 6.07) is 1.54. The van der Waals surface area contributed by atoms with Gasteiger partial charge in [0.1, 0.15) is 0 Å². The summed E-state index contributed by atoms with van der Waals surface area (Å²) in [5.74, 6) is -0.354. The summed E-state index contributed by atoms with van der Waals surface area (Å²) in [6.45, 7) is 7.87. The summed E-state index contributed by atoms with van der Waals surface area (Å²) in [4.78, 5) is 23.8. The fourth-order valence-corrected chi connectivity index (χ4v) is 3.72. The van der Waals surface area contributed by atoms with Gasteiger partial charge in [-0.1, -0.05) is 20.8 Å². The molecule has 1 aromatic rings. The molecule has 1 saturated heterocycles. The first-order valence-electron chi connectivity index (χ1n) is 7.57. The normalized spacial score (nSPS) is 22.3. The number of hydrogen-bond donors (Lipinski definition) is 2. The molecule has 0 aromatic carbocycles. The van der Waals surface area contributed by atoms with Gasteiger partial charge in [0.05, 0.1) is 16.5 Å². The number of carbonyl (C=O) groups excluding carboxylic acids is 2. The maximum absolute atomic E-state index is 12.2. The average molecular weight is 324 g/mol. The minimum atomic E-state index is -0.510. The molecule has 122 valence electrons. The fourth-order valence-electron chi connectivity index (χ4n) is 2.90. The molecule has 22 heavy (non-hydrogen) atoms. The molecule has 3 N–H and O–H groups in total. The molecule has 1 aromatic heterocycles. The second kappa shape index (κ2) is 6.79. The molecule has 0 radical (unpaired) electrons. The highest BCUT2D eigenvalue weighted by molar-refractivity contribution is 7.12. The summed E-state index contributed by atoms with van der Waals surface area (Å²) in [7, 11) is 0. The van der Waals surface area contributed by atoms with E-state index in [1.165, 1.54) is 11.3 Å². The quantitative estimate of drug-likeness (QED) is 0.892. The van der Waals surface area contributed by atoms with Gasteiger partial charge in [-0.2, -0.15) is 0 Å². The molecular formula is C16H24N2O3S. The van der Waals surface area contributed by atoms with Crippen LogP contribution in [0.1, 0.15) is 53.6 Å². The van der Waals surface area contributed by atoms with Gasteiger partial charge in [0, 0.05) is 24.4 Å². The van der Waals surface area contributed by atoms with E-state index >= 15 is 0 Å². The molecule has 1 fully saturated rings. The van der Waals surface area contributed by atoms with Crippen LogP contribution in [0.15, 0.2) is 11.4 Å². The standard InChI is InChI=1S/C16H24N2O3S/c1-16(2,3)13-10(5-4-6-21-13)8-18-15(20)12-7-11(9-22-12)14(17)19/h7,9-10,13H,4-6,8H2,1-3H3,(H2,17,19)(H,18,20)/t10-,13+/m0/s1. The average Bonchev–Trinajstić information content (AvgIpc) is 2.94. The summed E-state index contributed by atoms with van der Waals surface area (Å²) in [5, 5.41) is 4.57. The largest absolute Gasteiger partial charge is 0.377 e. The first-order chi connectivity index (χ1) is 10.3. The maximum atomic E-state index is 12.2. The zero-order chi connectivity index (χ0) is 16.3. The van der Waals surface area contributed by atoms with Crippen molar-refractivity contribution >= 4 is 23.2 Å². The van der Waals surface area contributed by atoms with Crippen molar-refractivity contribution in [2.75, 3.05) is 13.2 Å². The summed E-state index contributed by atoms with van der Waals surface area (Å²) < 4.78 is 5.92. The molecule has 0 spiro atoms. The maximum Gasteiger partial charge on any atom is 0.261 e. The Labute approximate surface area is 135 Å². The second-order valence-corrected chi connectivity index (χ2v) is 7.74. The summed E-state index contributed by atoms with van der Waals surface area (Å²) in [5.41, 5.74) is 5.64. The third kappa shape index (κ3) is 4.08. The molecule has 0 saturated carbocycles. The fraction of sp³-hybridized carbons (Fsp3) is 0.625. The number of carbonyl (C=O) groups is 2. The van der Waals surface area contributed by atoms with Crippen LogP contribution in [0.3, 0.4) is 0 Å². The smallest absolute Gasteiger partial charge is 0.261 e. The lowest BCUT2D eigenvalue weighted by Gasteiger charge is -2.40. The number of amides is 2. The third-order valence-corrected chi connectivity index (χ3v) is 4.86. The van der Waals surface area contributed by atoms with Gasteiger partial charge in [0.25, 0.3) is 5.91 Å². The highest BCUT2D eigenvalue weighted by Crippen LogP contribution is 2.33. The molecule has 1 aliphatic rings. The molecule has 2 atom stereocenters. The number of primary amides is 1. The van der Waals surface area contributed by atoms with Crippen LogP contribution in [0.2, 0.25) is 0 Å². The zero-order valence-electron chi connectivity index (χ0n) is 13.3. The van der Waals surface area contributed by atoms with Crippen molar-refractivity contribution in [3.8, 4) is 0 Å². The van der Waals surface area contributed by atoms with Crippen LogP contribution >= 0.6 is 11.3 Å². The van der Waals surface area contributed by atoms with Crippen LogP contribution in [0.5, 0.6) is 0 Å². The first kappa shape index (κ1) is 17.0. The van der Waals surface area contributed by atoms with E-state index in [1.807, 2.05) is 0 Å². The van der Waals surface area contributed by atoms with Gasteiger partial charge in [-0.25, -0.2) is 0 Å². The number of nitrogens with one attached hydrogen (secondary N) is 1. The van der Waals surface area contributed by atoms with E-state index in [1.54, 1.807) is 11.4 Å². The van der Waals surface area contributed by atoms with Crippen LogP contribution in [0, 0.1) is 11.3 Å². The van der Waals surface area contributed by atoms with Crippen molar-refractivity contribution in [1.29, 1.82) is 0 Å². The lowest BCUT2D eigenvalue weighted by Crippen LogP contribution is -2.45. The minimum absolute atomic E-state index is 0.0535. The Morgan fingerprint density at radius 2 is 2.18 bits per heavy atom. The van der Waals surface area contributed by atoms with E-state index < -0.39 is 5.91 Å². The molecule has 2 heterocycles. The zero-order valence-corrected chi connectivity index (χ0v) is 14.2. The Bertz CT molecular complexity index is 548. The SMILES string of the molecule is CC(C)(C)[C@@H]1OCCC[C@H]1CNC(=O)c1cc(C(N)=O)cs1. The van der Waals surface area contributed by atoms with Crippen LogP contribution in [-0.2, 0) is 4.74 Å². The van der Waals surface area contributed by atoms with Crippen molar-refractivity contribution in [2.24, 2.45) is 17.1 Å². The monoisotopic (exact) mass is 324 g/mol. The lowest BCUT2D eigenvalue weighted by molar-refractivity contribution is -0.0839. The molecule has 2 rings (SSSR count). The number of thiophene rings is 1. The van der Waals surface area contributed by atoms with Crippen molar-refractivity contribution < 1.29 is 14.3 Å². The van der Waals surface area contributed by atoms with Gasteiger partial charge in [0.2, 0.25) is 5.91 Å². The van der Waals surface area contributed by atoms with Crippen molar-refractivity contribution in [1.82, 2.24) is 5.32 Å². The predicted molar refractivity (Wildman–Crippen MR) is 87.1 cm³/mol. The Balaban J connectivity index is 1.95. The van der Waals surface area contributed by atoms with Crippen LogP contribution in [0.4, 0.5) is 0 Å². The molecule has 6 heteroatoms. The predicted octanol–water partition coefficient (Wildman–Crippen LogP) is 2.42. The van der Waals surface area contributed by atoms with Crippen molar-refractivity contribution in [3.63, 3.8) is 0 Å². The Hall–Kier alpha value is -1.40. The Kier molecular flexibility index (Phi) is 5.24. The lowest BCUT2D eigenvalue weighted by atomic mass is 9.78. The van der Waals surface area contributed by atoms with Crippen LogP contribution in [0.25, 0.3) is 0 Å². The summed E-state index contributed by atoms with van der Waals surface area (Å²) >= 11 is 1.23. The minimum Gasteiger partial charge on any atom is -0.377 e. The molecular weight excluding hydrogens is 300 g/mol. The van der Waals surface area contributed by atoms with E-state index in [2.05, 4.69) is 26.1 Å². The van der Waals surface area contributed by atoms with Gasteiger partial charge in [-0.15, -0.1) is 11.3 Å². The number of rotatable bonds is 4. The number of nitrogens with two attached hydrogens (primary N) is 1. The van der Waals surface area contributed by atoms with Crippen molar-refractivity contribution in [2.45, 2.75) is 39.7 Å². The van der Waals surface area contributed by atoms with Gasteiger partial charge in [0.15, 0.2) is 0 Å². The van der Waals surface area contributed by atoms with Crippen LogP contribution in [-0.4, -0.2) is 31.1 Å². The number of hydrogen-bond acceptors (Lipinski definition) is 4. The molecule has 0 bridgehead atoms. The van der Waals surface area contributed by atoms with Gasteiger partial charge in [-0.3, -0.25) is 9.59 Å². The van der Waals surface area contributed by atoms with Gasteiger partial charge in [-0.05, 0) is 24.3 Å². The van der Waals surface area contributed by atoms with Crippen LogP contribution < -0.4 is 11.1 Å². The molecule has 5 nitrogen and oxygen atoms in total. The Morgan fingerprint density at radius 3 is 2.77 bits per heavy atom. The molecule has 1 aliphatic heterocycles. The molecule has 2 amide bonds. The van der Waals surface area contributed by atoms with E-state index in [0.717, 1.165) is 19.4 Å². The topological polar surface area (TPSA) is 81.4 Å². The highest BCUT2D eigenvalue weighted by Gasteiger charge is 2.35.